The lowest BCUT2D eigenvalue weighted by Gasteiger charge is -2.60. The maximum absolute atomic E-state index is 13.9. The van der Waals surface area contributed by atoms with Gasteiger partial charge in [-0.1, -0.05) is 91.0 Å². The highest BCUT2D eigenvalue weighted by atomic mass is 16.6. The van der Waals surface area contributed by atoms with E-state index in [2.05, 4.69) is 27.3 Å². The number of likely N-dealkylation sites (tertiary alicyclic amines) is 3. The average Bonchev–Trinajstić information content (AvgIpc) is 3.34. The van der Waals surface area contributed by atoms with Gasteiger partial charge in [-0.05, 0) is 103 Å². The first-order valence-corrected chi connectivity index (χ1v) is 23.3. The van der Waals surface area contributed by atoms with Gasteiger partial charge in [0.25, 0.3) is 11.8 Å². The van der Waals surface area contributed by atoms with Gasteiger partial charge in [-0.3, -0.25) is 19.3 Å². The Balaban J connectivity index is 0.710. The first-order valence-electron chi connectivity index (χ1n) is 23.3. The van der Waals surface area contributed by atoms with Crippen molar-refractivity contribution >= 4 is 28.7 Å². The van der Waals surface area contributed by atoms with E-state index in [-0.39, 0.29) is 65.3 Å². The summed E-state index contributed by atoms with van der Waals surface area (Å²) in [5, 5.41) is 37.0. The maximum atomic E-state index is 13.9. The highest BCUT2D eigenvalue weighted by Gasteiger charge is 2.54. The molecule has 3 aliphatic heterocycles. The number of phenols is 1. The van der Waals surface area contributed by atoms with Crippen LogP contribution in [0.3, 0.4) is 0 Å². The van der Waals surface area contributed by atoms with Gasteiger partial charge in [-0.25, -0.2) is 4.79 Å². The zero-order valence-corrected chi connectivity index (χ0v) is 37.9. The second-order valence-electron chi connectivity index (χ2n) is 18.6. The Hall–Kier alpha value is -6.84. The Labute approximate surface area is 394 Å². The molecule has 1 spiro atoms. The van der Waals surface area contributed by atoms with E-state index in [1.165, 1.54) is 17.7 Å². The second-order valence-corrected chi connectivity index (χ2v) is 18.6. The average molecular weight is 920 g/mol. The number of hydrogen-bond donors (Lipinski definition) is 5. The summed E-state index contributed by atoms with van der Waals surface area (Å²) in [5.74, 6) is -0.553. The number of aliphatic hydroxyl groups excluding tert-OH is 1. The monoisotopic (exact) mass is 919 g/mol. The van der Waals surface area contributed by atoms with Crippen molar-refractivity contribution in [3.8, 4) is 11.5 Å². The number of aromatic hydroxyl groups is 1. The van der Waals surface area contributed by atoms with Crippen LogP contribution in [0.4, 0.5) is 0 Å². The molecule has 0 unspecified atom stereocenters. The Kier molecular flexibility index (Phi) is 13.7. The number of amides is 2. The van der Waals surface area contributed by atoms with Crippen LogP contribution in [0.15, 0.2) is 138 Å². The van der Waals surface area contributed by atoms with Crippen LogP contribution in [0.1, 0.15) is 57.1 Å². The summed E-state index contributed by atoms with van der Waals surface area (Å²) in [7, 11) is 0. The Bertz CT molecular complexity index is 2780. The van der Waals surface area contributed by atoms with Gasteiger partial charge in [0.05, 0.1) is 18.2 Å². The summed E-state index contributed by atoms with van der Waals surface area (Å²) < 4.78 is 11.8. The minimum absolute atomic E-state index is 0.0573. The number of H-pyrrole nitrogens is 1. The quantitative estimate of drug-likeness (QED) is 0.0602. The van der Waals surface area contributed by atoms with E-state index in [0.29, 0.717) is 67.0 Å². The lowest BCUT2D eigenvalue weighted by molar-refractivity contribution is -0.164. The molecule has 6 aromatic rings. The molecular weight excluding hydrogens is 863 g/mol. The molecule has 5 N–H and O–H groups in total. The van der Waals surface area contributed by atoms with Gasteiger partial charge >= 0.3 is 5.97 Å². The number of nitrogens with zero attached hydrogens (tertiary/aromatic N) is 3. The number of pyridine rings is 1. The molecule has 4 heterocycles. The Morgan fingerprint density at radius 1 is 0.794 bits per heavy atom. The number of aromatic nitrogens is 1. The Morgan fingerprint density at radius 3 is 2.22 bits per heavy atom. The third-order valence-electron chi connectivity index (χ3n) is 13.6. The predicted molar refractivity (Wildman–Crippen MR) is 256 cm³/mol. The molecule has 0 radical (unpaired) electrons. The summed E-state index contributed by atoms with van der Waals surface area (Å²) in [6.07, 6.45) is 1.59. The molecule has 9 rings (SSSR count). The largest absolute Gasteiger partial charge is 0.506 e. The fourth-order valence-electron chi connectivity index (χ4n) is 9.75. The van der Waals surface area contributed by atoms with E-state index in [0.717, 1.165) is 38.0 Å². The topological polar surface area (TPSA) is 185 Å². The molecule has 2 atom stereocenters. The Morgan fingerprint density at radius 2 is 1.49 bits per heavy atom. The van der Waals surface area contributed by atoms with E-state index >= 15 is 0 Å². The van der Waals surface area contributed by atoms with Crippen LogP contribution >= 0.6 is 0 Å². The number of phenolic OH excluding ortho intramolecular Hbond substituents is 1. The smallest absolute Gasteiger partial charge is 0.347 e. The van der Waals surface area contributed by atoms with Gasteiger partial charge in [-0.15, -0.1) is 0 Å². The molecular formula is C54H57N5O9. The van der Waals surface area contributed by atoms with E-state index in [9.17, 15) is 34.5 Å². The van der Waals surface area contributed by atoms with Crippen LogP contribution < -0.4 is 15.6 Å². The molecule has 3 aliphatic rings. The third-order valence-corrected chi connectivity index (χ3v) is 13.6. The van der Waals surface area contributed by atoms with E-state index < -0.39 is 17.7 Å². The van der Waals surface area contributed by atoms with Crippen LogP contribution in [0.2, 0.25) is 0 Å². The summed E-state index contributed by atoms with van der Waals surface area (Å²) >= 11 is 0. The molecule has 3 fully saturated rings. The van der Waals surface area contributed by atoms with Crippen LogP contribution in [0.5, 0.6) is 11.5 Å². The molecule has 14 heteroatoms. The first-order chi connectivity index (χ1) is 33.0. The summed E-state index contributed by atoms with van der Waals surface area (Å²) in [5.41, 5.74) is 1.85. The van der Waals surface area contributed by atoms with Crippen molar-refractivity contribution < 1.29 is 39.2 Å². The first kappa shape index (κ1) is 46.3. The fraction of sp³-hybridized carbons (Fsp3) is 0.333. The van der Waals surface area contributed by atoms with Crippen molar-refractivity contribution in [3.63, 3.8) is 0 Å². The standard InChI is InChI=1S/C54H57N5O9/c60-46-20-18-44(45-19-21-48(62)56-50(45)46)47(61)29-55-25-22-37-14-16-40(17-15-37)51(64)59-35-53(36-59)33-58(34-53)49(63)32-67-43-13-7-12-42(28-43)54(66,41-10-5-2-6-11-41)52(65)68-31-39-23-26-57(27-24-39)30-38-8-3-1-4-9-38/h1-21,28,39,47,55,60-61,66H,22-27,29-36H2,(H,56,62)/t47-,54-/m0/s1. The molecule has 2 amide bonds. The SMILES string of the molecule is O=C(COc1cccc([C@](O)(C(=O)OCC2CCN(Cc3ccccc3)CC2)c2ccccc2)c1)N1CC2(C1)CN(C(=O)c1ccc(CCNC[C@H](O)c3ccc(O)c4[nH]c(=O)ccc34)cc1)C2. The van der Waals surface area contributed by atoms with Gasteiger partial charge in [0.15, 0.2) is 6.61 Å². The van der Waals surface area contributed by atoms with E-state index in [4.69, 9.17) is 9.47 Å². The fourth-order valence-corrected chi connectivity index (χ4v) is 9.75. The molecule has 352 valence electrons. The number of esters is 1. The summed E-state index contributed by atoms with van der Waals surface area (Å²) in [4.78, 5) is 60.8. The number of rotatable bonds is 17. The molecule has 68 heavy (non-hydrogen) atoms. The van der Waals surface area contributed by atoms with Gasteiger partial charge in [0.1, 0.15) is 11.5 Å². The minimum Gasteiger partial charge on any atom is -0.506 e. The van der Waals surface area contributed by atoms with Crippen molar-refractivity contribution in [2.45, 2.75) is 37.5 Å². The van der Waals surface area contributed by atoms with Crippen molar-refractivity contribution in [1.29, 1.82) is 0 Å². The molecule has 0 aliphatic carbocycles. The normalized spacial score (nSPS) is 17.2. The highest BCUT2D eigenvalue weighted by Crippen LogP contribution is 2.41. The molecule has 14 nitrogen and oxygen atoms in total. The molecule has 0 saturated carbocycles. The second kappa shape index (κ2) is 20.2. The van der Waals surface area contributed by atoms with Crippen molar-refractivity contribution in [1.82, 2.24) is 25.0 Å². The zero-order valence-electron chi connectivity index (χ0n) is 37.9. The number of aliphatic hydroxyl groups is 2. The maximum Gasteiger partial charge on any atom is 0.347 e. The molecule has 5 aromatic carbocycles. The third kappa shape index (κ3) is 10.2. The van der Waals surface area contributed by atoms with Crippen molar-refractivity contribution in [3.05, 3.63) is 177 Å². The number of ether oxygens (including phenoxy) is 2. The number of fused-ring (bicyclic) bond motifs is 1. The number of hydrogen-bond acceptors (Lipinski definition) is 11. The molecule has 1 aromatic heterocycles. The summed E-state index contributed by atoms with van der Waals surface area (Å²) in [6, 6.07) is 39.3. The minimum atomic E-state index is -2.10. The highest BCUT2D eigenvalue weighted by molar-refractivity contribution is 5.95. The van der Waals surface area contributed by atoms with E-state index in [1.54, 1.807) is 70.5 Å². The molecule has 3 saturated heterocycles. The van der Waals surface area contributed by atoms with Gasteiger partial charge in [0.2, 0.25) is 11.2 Å². The number of nitrogens with one attached hydrogen (secondary N) is 2. The number of aromatic amines is 1. The van der Waals surface area contributed by atoms with Gasteiger partial charge in [0, 0.05) is 67.3 Å². The van der Waals surface area contributed by atoms with Crippen LogP contribution in [-0.4, -0.2) is 118 Å². The lowest BCUT2D eigenvalue weighted by Crippen LogP contribution is -2.74. The number of benzene rings is 5. The van der Waals surface area contributed by atoms with Crippen molar-refractivity contribution in [2.24, 2.45) is 11.3 Å². The van der Waals surface area contributed by atoms with Crippen LogP contribution in [0, 0.1) is 11.3 Å². The van der Waals surface area contributed by atoms with Gasteiger partial charge < -0.3 is 44.9 Å². The zero-order chi connectivity index (χ0) is 47.3. The van der Waals surface area contributed by atoms with Gasteiger partial charge in [-0.2, -0.15) is 0 Å². The lowest BCUT2D eigenvalue weighted by atomic mass is 9.72. The number of piperidine rings is 1. The van der Waals surface area contributed by atoms with Crippen molar-refractivity contribution in [2.75, 3.05) is 65.6 Å². The van der Waals surface area contributed by atoms with E-state index in [1.807, 2.05) is 48.5 Å². The van der Waals surface area contributed by atoms with Crippen LogP contribution in [-0.2, 0) is 32.9 Å². The van der Waals surface area contributed by atoms with Crippen LogP contribution in [0.25, 0.3) is 10.9 Å². The number of carbonyl (C=O) groups is 3. The number of carbonyl (C=O) groups excluding carboxylic acids is 3. The predicted octanol–water partition coefficient (Wildman–Crippen LogP) is 5.15. The molecule has 0 bridgehead atoms. The summed E-state index contributed by atoms with van der Waals surface area (Å²) in [6.45, 7) is 5.69.